The third-order valence-electron chi connectivity index (χ3n) is 9.78. The van der Waals surface area contributed by atoms with Gasteiger partial charge in [0.2, 0.25) is 0 Å². The van der Waals surface area contributed by atoms with E-state index in [2.05, 4.69) is 26.1 Å². The zero-order chi connectivity index (χ0) is 32.9. The first kappa shape index (κ1) is 32.7. The quantitative estimate of drug-likeness (QED) is 0.236. The first-order valence-electron chi connectivity index (χ1n) is 15.8. The van der Waals surface area contributed by atoms with E-state index >= 15 is 0 Å². The van der Waals surface area contributed by atoms with Crippen LogP contribution in [-0.4, -0.2) is 47.7 Å². The van der Waals surface area contributed by atoms with Gasteiger partial charge in [0.25, 0.3) is 5.91 Å². The highest BCUT2D eigenvalue weighted by atomic mass is 16.6. The van der Waals surface area contributed by atoms with E-state index in [1.165, 1.54) is 4.90 Å². The average molecular weight is 627 g/mol. The van der Waals surface area contributed by atoms with Crippen LogP contribution < -0.4 is 10.2 Å². The molecule has 0 aliphatic heterocycles. The maximum absolute atomic E-state index is 14.5. The first-order chi connectivity index (χ1) is 22.0. The van der Waals surface area contributed by atoms with E-state index in [4.69, 9.17) is 9.47 Å². The van der Waals surface area contributed by atoms with Crippen molar-refractivity contribution in [2.24, 2.45) is 22.7 Å². The Morgan fingerprint density at radius 1 is 0.891 bits per heavy atom. The van der Waals surface area contributed by atoms with Gasteiger partial charge in [0.1, 0.15) is 25.3 Å². The molecular weight excluding hydrogens is 584 g/mol. The third kappa shape index (κ3) is 7.25. The number of carbonyl (C=O) groups is 4. The molecule has 5 rings (SSSR count). The van der Waals surface area contributed by atoms with Crippen LogP contribution in [0.1, 0.15) is 51.2 Å². The van der Waals surface area contributed by atoms with Gasteiger partial charge < -0.3 is 19.9 Å². The lowest BCUT2D eigenvalue weighted by molar-refractivity contribution is -0.163. The van der Waals surface area contributed by atoms with Gasteiger partial charge in [-0.25, -0.2) is 4.79 Å². The van der Waals surface area contributed by atoms with Crippen molar-refractivity contribution in [2.75, 3.05) is 11.4 Å². The summed E-state index contributed by atoms with van der Waals surface area (Å²) in [4.78, 5) is 55.2. The molecule has 46 heavy (non-hydrogen) atoms. The number of hydrogen-bond acceptors (Lipinski definition) is 6. The van der Waals surface area contributed by atoms with Crippen LogP contribution in [0.5, 0.6) is 0 Å². The second kappa shape index (κ2) is 13.8. The van der Waals surface area contributed by atoms with Gasteiger partial charge in [0, 0.05) is 16.5 Å². The standard InChI is InChI=1S/C37H42N2O7/c1-36(2)27-19-20-37(3,22-27)34(36)46-30(40)23-39(28-17-11-6-12-18-28)32(41)31(29(33(42)43)21-25-13-7-4-8-14-25)38-35(44)45-24-26-15-9-5-10-16-26/h4-18,27,29,31,34H,19-24H2,1-3H3,(H,38,44)(H,42,43)/t27?,29?,31-,34?,37?/m0/s1. The zero-order valence-corrected chi connectivity index (χ0v) is 26.6. The number of aliphatic carboxylic acids is 1. The molecule has 0 spiro atoms. The summed E-state index contributed by atoms with van der Waals surface area (Å²) in [5.41, 5.74) is 1.43. The van der Waals surface area contributed by atoms with Gasteiger partial charge in [0.15, 0.2) is 0 Å². The molecule has 0 saturated heterocycles. The molecule has 3 aromatic carbocycles. The van der Waals surface area contributed by atoms with Crippen LogP contribution in [-0.2, 0) is 36.9 Å². The molecule has 2 aliphatic rings. The summed E-state index contributed by atoms with van der Waals surface area (Å²) in [5.74, 6) is -3.56. The van der Waals surface area contributed by atoms with E-state index in [1.807, 2.05) is 12.1 Å². The molecule has 4 unspecified atom stereocenters. The Kier molecular flexibility index (Phi) is 9.79. The molecule has 242 valence electrons. The Bertz CT molecular complexity index is 1520. The molecule has 0 aromatic heterocycles. The van der Waals surface area contributed by atoms with Crippen molar-refractivity contribution in [3.63, 3.8) is 0 Å². The van der Waals surface area contributed by atoms with Gasteiger partial charge in [0.05, 0.1) is 5.92 Å². The number of carboxylic acids is 1. The lowest BCUT2D eigenvalue weighted by Crippen LogP contribution is -2.56. The number of alkyl carbamates (subject to hydrolysis) is 1. The van der Waals surface area contributed by atoms with Crippen LogP contribution in [0.25, 0.3) is 0 Å². The van der Waals surface area contributed by atoms with Gasteiger partial charge >= 0.3 is 18.0 Å². The number of hydrogen-bond donors (Lipinski definition) is 2. The fourth-order valence-corrected chi connectivity index (χ4v) is 7.36. The number of esters is 1. The number of rotatable bonds is 12. The molecular formula is C37H42N2O7. The molecule has 2 aliphatic carbocycles. The minimum absolute atomic E-state index is 0.0470. The minimum atomic E-state index is -1.56. The fraction of sp³-hybridized carbons (Fsp3) is 0.405. The summed E-state index contributed by atoms with van der Waals surface area (Å²) in [6, 6.07) is 24.8. The highest BCUT2D eigenvalue weighted by molar-refractivity contribution is 6.03. The number of nitrogens with zero attached hydrogens (tertiary/aromatic N) is 1. The van der Waals surface area contributed by atoms with Crippen molar-refractivity contribution in [3.05, 3.63) is 102 Å². The Morgan fingerprint density at radius 3 is 2.04 bits per heavy atom. The Morgan fingerprint density at radius 2 is 1.48 bits per heavy atom. The Hall–Kier alpha value is -4.66. The summed E-state index contributed by atoms with van der Waals surface area (Å²) >= 11 is 0. The SMILES string of the molecule is CC12CCC(C1)C(C)(C)C2OC(=O)CN(C(=O)[C@@H](NC(=O)OCc1ccccc1)C(Cc1ccccc1)C(=O)O)c1ccccc1. The van der Waals surface area contributed by atoms with Crippen LogP contribution in [0.2, 0.25) is 0 Å². The molecule has 2 bridgehead atoms. The molecule has 3 aromatic rings. The summed E-state index contributed by atoms with van der Waals surface area (Å²) in [6.07, 6.45) is 1.74. The van der Waals surface area contributed by atoms with E-state index < -0.39 is 42.4 Å². The lowest BCUT2D eigenvalue weighted by atomic mass is 9.70. The molecule has 9 nitrogen and oxygen atoms in total. The van der Waals surface area contributed by atoms with Crippen molar-refractivity contribution < 1.29 is 33.8 Å². The predicted molar refractivity (Wildman–Crippen MR) is 173 cm³/mol. The molecule has 2 N–H and O–H groups in total. The fourth-order valence-electron chi connectivity index (χ4n) is 7.36. The minimum Gasteiger partial charge on any atom is -0.481 e. The highest BCUT2D eigenvalue weighted by Crippen LogP contribution is 2.63. The third-order valence-corrected chi connectivity index (χ3v) is 9.78. The number of nitrogens with one attached hydrogen (secondary N) is 1. The molecule has 2 saturated carbocycles. The topological polar surface area (TPSA) is 122 Å². The van der Waals surface area contributed by atoms with Crippen LogP contribution in [0, 0.1) is 22.7 Å². The maximum Gasteiger partial charge on any atom is 0.408 e. The number of anilines is 1. The van der Waals surface area contributed by atoms with E-state index in [-0.39, 0.29) is 30.0 Å². The molecule has 2 amide bonds. The van der Waals surface area contributed by atoms with Crippen LogP contribution in [0.3, 0.4) is 0 Å². The number of fused-ring (bicyclic) bond motifs is 2. The summed E-state index contributed by atoms with van der Waals surface area (Å²) in [6.45, 7) is 5.88. The van der Waals surface area contributed by atoms with Crippen molar-refractivity contribution in [3.8, 4) is 0 Å². The second-order valence-electron chi connectivity index (χ2n) is 13.4. The monoisotopic (exact) mass is 626 g/mol. The van der Waals surface area contributed by atoms with Crippen molar-refractivity contribution >= 4 is 29.6 Å². The highest BCUT2D eigenvalue weighted by Gasteiger charge is 2.61. The van der Waals surface area contributed by atoms with Crippen LogP contribution >= 0.6 is 0 Å². The number of amides is 2. The van der Waals surface area contributed by atoms with E-state index in [9.17, 15) is 24.3 Å². The second-order valence-corrected chi connectivity index (χ2v) is 13.4. The smallest absolute Gasteiger partial charge is 0.408 e. The van der Waals surface area contributed by atoms with Gasteiger partial charge in [-0.1, -0.05) is 99.6 Å². The summed E-state index contributed by atoms with van der Waals surface area (Å²) in [5, 5.41) is 12.9. The zero-order valence-electron chi connectivity index (χ0n) is 26.6. The van der Waals surface area contributed by atoms with Crippen molar-refractivity contribution in [1.82, 2.24) is 5.32 Å². The summed E-state index contributed by atoms with van der Waals surface area (Å²) in [7, 11) is 0. The van der Waals surface area contributed by atoms with Gasteiger partial charge in [-0.05, 0) is 54.9 Å². The van der Waals surface area contributed by atoms with Gasteiger partial charge in [-0.3, -0.25) is 19.3 Å². The van der Waals surface area contributed by atoms with Crippen molar-refractivity contribution in [1.29, 1.82) is 0 Å². The van der Waals surface area contributed by atoms with E-state index in [0.717, 1.165) is 24.8 Å². The molecule has 0 radical (unpaired) electrons. The number of ether oxygens (including phenoxy) is 2. The average Bonchev–Trinajstić information content (AvgIpc) is 3.54. The number of carbonyl (C=O) groups excluding carboxylic acids is 3. The lowest BCUT2D eigenvalue weighted by Gasteiger charge is -2.42. The largest absolute Gasteiger partial charge is 0.481 e. The van der Waals surface area contributed by atoms with E-state index in [0.29, 0.717) is 17.2 Å². The van der Waals surface area contributed by atoms with Gasteiger partial charge in [-0.15, -0.1) is 0 Å². The van der Waals surface area contributed by atoms with E-state index in [1.54, 1.807) is 78.9 Å². The predicted octanol–water partition coefficient (Wildman–Crippen LogP) is 6.02. The Balaban J connectivity index is 1.42. The molecule has 0 heterocycles. The van der Waals surface area contributed by atoms with Crippen LogP contribution in [0.15, 0.2) is 91.0 Å². The number of carboxylic acid groups (broad SMARTS) is 1. The number of para-hydroxylation sites is 1. The molecule has 9 heteroatoms. The first-order valence-corrected chi connectivity index (χ1v) is 15.8. The van der Waals surface area contributed by atoms with Gasteiger partial charge in [-0.2, -0.15) is 0 Å². The summed E-state index contributed by atoms with van der Waals surface area (Å²) < 4.78 is 11.6. The maximum atomic E-state index is 14.5. The van der Waals surface area contributed by atoms with Crippen molar-refractivity contribution in [2.45, 2.75) is 65.2 Å². The molecule has 2 fully saturated rings. The van der Waals surface area contributed by atoms with Crippen LogP contribution in [0.4, 0.5) is 10.5 Å². The Labute approximate surface area is 269 Å². The normalized spacial score (nSPS) is 22.3. The number of benzene rings is 3. The molecule has 5 atom stereocenters.